The number of rotatable bonds is 6. The third-order valence-corrected chi connectivity index (χ3v) is 6.29. The molecule has 0 aliphatic carbocycles. The molecule has 0 atom stereocenters. The van der Waals surface area contributed by atoms with Gasteiger partial charge < -0.3 is 10.3 Å². The highest BCUT2D eigenvalue weighted by Crippen LogP contribution is 2.26. The lowest BCUT2D eigenvalue weighted by atomic mass is 10.1. The fourth-order valence-electron chi connectivity index (χ4n) is 2.65. The van der Waals surface area contributed by atoms with E-state index in [1.165, 1.54) is 36.5 Å². The first-order valence-corrected chi connectivity index (χ1v) is 11.0. The van der Waals surface area contributed by atoms with E-state index in [4.69, 9.17) is 23.2 Å². The SMILES string of the molecule is O=C(NC/C=C/S(=O)(=O)c1ccc(Cl)cc1Cl)c1cc(-c2ccccc2)c[nH]c1=O. The van der Waals surface area contributed by atoms with Crippen molar-refractivity contribution in [2.75, 3.05) is 6.54 Å². The van der Waals surface area contributed by atoms with Crippen molar-refractivity contribution in [3.8, 4) is 11.1 Å². The van der Waals surface area contributed by atoms with Crippen LogP contribution in [-0.4, -0.2) is 25.9 Å². The molecule has 3 aromatic rings. The van der Waals surface area contributed by atoms with Gasteiger partial charge in [-0.25, -0.2) is 8.42 Å². The van der Waals surface area contributed by atoms with E-state index in [1.807, 2.05) is 30.3 Å². The summed E-state index contributed by atoms with van der Waals surface area (Å²) in [5.74, 6) is -0.624. The second-order valence-corrected chi connectivity index (χ2v) is 8.84. The summed E-state index contributed by atoms with van der Waals surface area (Å²) in [6.45, 7) is -0.0989. The van der Waals surface area contributed by atoms with Crippen molar-refractivity contribution in [1.29, 1.82) is 0 Å². The lowest BCUT2D eigenvalue weighted by molar-refractivity contribution is 0.0956. The fourth-order valence-corrected chi connectivity index (χ4v) is 4.47. The number of H-pyrrole nitrogens is 1. The molecular weight excluding hydrogens is 447 g/mol. The maximum atomic E-state index is 12.4. The van der Waals surface area contributed by atoms with Crippen molar-refractivity contribution in [2.45, 2.75) is 4.90 Å². The minimum absolute atomic E-state index is 0.000413. The Morgan fingerprint density at radius 3 is 2.47 bits per heavy atom. The highest BCUT2D eigenvalue weighted by Gasteiger charge is 2.15. The molecule has 0 aliphatic rings. The van der Waals surface area contributed by atoms with Crippen LogP contribution in [0.2, 0.25) is 10.0 Å². The van der Waals surface area contributed by atoms with Gasteiger partial charge in [0.15, 0.2) is 0 Å². The minimum atomic E-state index is -3.81. The monoisotopic (exact) mass is 462 g/mol. The molecule has 2 N–H and O–H groups in total. The average Bonchev–Trinajstić information content (AvgIpc) is 2.72. The van der Waals surface area contributed by atoms with Gasteiger partial charge in [-0.1, -0.05) is 59.6 Å². The molecule has 154 valence electrons. The Kier molecular flexibility index (Phi) is 6.77. The smallest absolute Gasteiger partial charge is 0.260 e. The molecule has 0 radical (unpaired) electrons. The molecule has 0 unspecified atom stereocenters. The van der Waals surface area contributed by atoms with Crippen LogP contribution in [-0.2, 0) is 9.84 Å². The largest absolute Gasteiger partial charge is 0.348 e. The molecule has 0 saturated carbocycles. The van der Waals surface area contributed by atoms with Gasteiger partial charge in [0.1, 0.15) is 5.56 Å². The molecular formula is C21H16Cl2N2O4S. The van der Waals surface area contributed by atoms with Gasteiger partial charge in [0.2, 0.25) is 9.84 Å². The van der Waals surface area contributed by atoms with Crippen LogP contribution in [0.1, 0.15) is 10.4 Å². The van der Waals surface area contributed by atoms with Gasteiger partial charge in [-0.05, 0) is 35.4 Å². The number of pyridine rings is 1. The topological polar surface area (TPSA) is 96.1 Å². The molecule has 1 amide bonds. The van der Waals surface area contributed by atoms with E-state index < -0.39 is 21.3 Å². The number of carbonyl (C=O) groups is 1. The van der Waals surface area contributed by atoms with Gasteiger partial charge in [0.05, 0.1) is 9.92 Å². The summed E-state index contributed by atoms with van der Waals surface area (Å²) in [7, 11) is -3.81. The van der Waals surface area contributed by atoms with Gasteiger partial charge >= 0.3 is 0 Å². The van der Waals surface area contributed by atoms with Crippen molar-refractivity contribution >= 4 is 38.9 Å². The zero-order valence-corrected chi connectivity index (χ0v) is 17.8. The number of hydrogen-bond acceptors (Lipinski definition) is 4. The number of benzene rings is 2. The van der Waals surface area contributed by atoms with E-state index in [2.05, 4.69) is 10.3 Å². The van der Waals surface area contributed by atoms with E-state index in [1.54, 1.807) is 0 Å². The van der Waals surface area contributed by atoms with Gasteiger partial charge in [-0.15, -0.1) is 0 Å². The highest BCUT2D eigenvalue weighted by atomic mass is 35.5. The van der Waals surface area contributed by atoms with E-state index in [0.29, 0.717) is 10.6 Å². The molecule has 0 aliphatic heterocycles. The van der Waals surface area contributed by atoms with Gasteiger partial charge in [-0.3, -0.25) is 9.59 Å². The van der Waals surface area contributed by atoms with Crippen molar-refractivity contribution in [3.63, 3.8) is 0 Å². The molecule has 0 bridgehead atoms. The normalized spacial score (nSPS) is 11.5. The van der Waals surface area contributed by atoms with E-state index in [0.717, 1.165) is 11.0 Å². The number of hydrogen-bond donors (Lipinski definition) is 2. The van der Waals surface area contributed by atoms with Crippen LogP contribution >= 0.6 is 23.2 Å². The zero-order valence-electron chi connectivity index (χ0n) is 15.4. The summed E-state index contributed by atoms with van der Waals surface area (Å²) in [4.78, 5) is 26.9. The van der Waals surface area contributed by atoms with Gasteiger partial charge in [0.25, 0.3) is 11.5 Å². The van der Waals surface area contributed by atoms with Crippen LogP contribution in [0, 0.1) is 0 Å². The average molecular weight is 463 g/mol. The van der Waals surface area contributed by atoms with E-state index in [-0.39, 0.29) is 22.0 Å². The minimum Gasteiger partial charge on any atom is -0.348 e. The number of halogens is 2. The lowest BCUT2D eigenvalue weighted by Crippen LogP contribution is -2.29. The van der Waals surface area contributed by atoms with Crippen LogP contribution in [0.15, 0.2) is 82.0 Å². The van der Waals surface area contributed by atoms with Crippen molar-refractivity contribution in [3.05, 3.63) is 98.2 Å². The molecule has 3 rings (SSSR count). The Bertz CT molecular complexity index is 1270. The molecule has 30 heavy (non-hydrogen) atoms. The predicted octanol–water partition coefficient (Wildman–Crippen LogP) is 4.07. The quantitative estimate of drug-likeness (QED) is 0.576. The summed E-state index contributed by atoms with van der Waals surface area (Å²) >= 11 is 11.7. The van der Waals surface area contributed by atoms with Crippen LogP contribution in [0.3, 0.4) is 0 Å². The molecule has 0 fully saturated rings. The second-order valence-electron chi connectivity index (χ2n) is 6.20. The Labute approximate surface area is 183 Å². The number of aromatic amines is 1. The molecule has 1 aromatic heterocycles. The van der Waals surface area contributed by atoms with Crippen LogP contribution in [0.4, 0.5) is 0 Å². The fraction of sp³-hybridized carbons (Fsp3) is 0.0476. The summed E-state index contributed by atoms with van der Waals surface area (Å²) in [5, 5.41) is 3.76. The number of amides is 1. The maximum Gasteiger partial charge on any atom is 0.260 e. The van der Waals surface area contributed by atoms with Crippen LogP contribution < -0.4 is 10.9 Å². The molecule has 2 aromatic carbocycles. The summed E-state index contributed by atoms with van der Waals surface area (Å²) in [6, 6.07) is 14.8. The molecule has 0 spiro atoms. The molecule has 9 heteroatoms. The Morgan fingerprint density at radius 1 is 1.03 bits per heavy atom. The van der Waals surface area contributed by atoms with E-state index in [9.17, 15) is 18.0 Å². The standard InChI is InChI=1S/C21H16Cl2N2O4S/c22-16-7-8-19(18(23)12-16)30(28,29)10-4-9-24-20(26)17-11-15(13-25-21(17)27)14-5-2-1-3-6-14/h1-8,10-13H,9H2,(H,24,26)(H,25,27)/b10-4+. The first-order chi connectivity index (χ1) is 14.3. The van der Waals surface area contributed by atoms with Crippen LogP contribution in [0.5, 0.6) is 0 Å². The molecule has 1 heterocycles. The summed E-state index contributed by atoms with van der Waals surface area (Å²) in [5.41, 5.74) is 0.898. The zero-order chi connectivity index (χ0) is 21.7. The number of carbonyl (C=O) groups excluding carboxylic acids is 1. The first kappa shape index (κ1) is 21.8. The molecule has 0 saturated heterocycles. The van der Waals surface area contributed by atoms with Crippen molar-refractivity contribution in [2.24, 2.45) is 0 Å². The van der Waals surface area contributed by atoms with Crippen molar-refractivity contribution < 1.29 is 13.2 Å². The predicted molar refractivity (Wildman–Crippen MR) is 118 cm³/mol. The van der Waals surface area contributed by atoms with E-state index >= 15 is 0 Å². The van der Waals surface area contributed by atoms with Crippen molar-refractivity contribution in [1.82, 2.24) is 10.3 Å². The van der Waals surface area contributed by atoms with Gasteiger partial charge in [0, 0.05) is 23.2 Å². The van der Waals surface area contributed by atoms with Gasteiger partial charge in [-0.2, -0.15) is 0 Å². The maximum absolute atomic E-state index is 12.4. The van der Waals surface area contributed by atoms with Crippen LogP contribution in [0.25, 0.3) is 11.1 Å². The lowest BCUT2D eigenvalue weighted by Gasteiger charge is -2.06. The number of aromatic nitrogens is 1. The Morgan fingerprint density at radius 2 is 1.77 bits per heavy atom. The summed E-state index contributed by atoms with van der Waals surface area (Å²) in [6.07, 6.45) is 2.78. The number of nitrogens with one attached hydrogen (secondary N) is 2. The number of sulfone groups is 1. The Balaban J connectivity index is 1.71. The first-order valence-electron chi connectivity index (χ1n) is 8.71. The Hall–Kier alpha value is -2.87. The summed E-state index contributed by atoms with van der Waals surface area (Å²) < 4.78 is 24.7. The second kappa shape index (κ2) is 9.30. The third kappa shape index (κ3) is 5.18. The molecule has 6 nitrogen and oxygen atoms in total. The highest BCUT2D eigenvalue weighted by molar-refractivity contribution is 7.94. The third-order valence-electron chi connectivity index (χ3n) is 4.11.